The molecule has 1 rings (SSSR count). The summed E-state index contributed by atoms with van der Waals surface area (Å²) in [5, 5.41) is 3.35. The molecule has 2 nitrogen and oxygen atoms in total. The fraction of sp³-hybridized carbons (Fsp3) is 1.00. The van der Waals surface area contributed by atoms with Gasteiger partial charge in [0.25, 0.3) is 0 Å². The zero-order chi connectivity index (χ0) is 7.40. The lowest BCUT2D eigenvalue weighted by molar-refractivity contribution is 0.184. The van der Waals surface area contributed by atoms with Gasteiger partial charge in [-0.05, 0) is 6.42 Å². The van der Waals surface area contributed by atoms with E-state index < -0.39 is 0 Å². The van der Waals surface area contributed by atoms with Crippen LogP contribution in [0.3, 0.4) is 0 Å². The second-order valence-corrected chi connectivity index (χ2v) is 2.94. The molecular formula is C7H15ClN2. The maximum Gasteiger partial charge on any atom is 0.0741 e. The minimum atomic E-state index is 0.659. The number of hydrogen-bond donors (Lipinski definition) is 1. The van der Waals surface area contributed by atoms with Crippen molar-refractivity contribution >= 4 is 11.6 Å². The van der Waals surface area contributed by atoms with Gasteiger partial charge in [-0.15, -0.1) is 11.6 Å². The molecule has 0 amide bonds. The Balaban J connectivity index is 2.34. The highest BCUT2D eigenvalue weighted by molar-refractivity contribution is 6.17. The largest absolute Gasteiger partial charge is 0.314 e. The minimum Gasteiger partial charge on any atom is -0.314 e. The Kier molecular flexibility index (Phi) is 3.46. The lowest BCUT2D eigenvalue weighted by atomic mass is 10.1. The van der Waals surface area contributed by atoms with Crippen molar-refractivity contribution in [2.75, 3.05) is 25.6 Å². The summed E-state index contributed by atoms with van der Waals surface area (Å²) in [6.07, 6.45) is 1.19. The Morgan fingerprint density at radius 1 is 1.70 bits per heavy atom. The number of nitrogens with zero attached hydrogens (tertiary/aromatic N) is 1. The first-order chi connectivity index (χ1) is 4.88. The highest BCUT2D eigenvalue weighted by Crippen LogP contribution is 2.06. The zero-order valence-corrected chi connectivity index (χ0v) is 7.19. The van der Waals surface area contributed by atoms with E-state index in [0.29, 0.717) is 12.0 Å². The van der Waals surface area contributed by atoms with E-state index >= 15 is 0 Å². The van der Waals surface area contributed by atoms with Crippen LogP contribution < -0.4 is 5.32 Å². The fourth-order valence-electron chi connectivity index (χ4n) is 1.36. The van der Waals surface area contributed by atoms with Gasteiger partial charge in [0.05, 0.1) is 6.00 Å². The van der Waals surface area contributed by atoms with Gasteiger partial charge in [0.15, 0.2) is 0 Å². The number of halogens is 1. The monoisotopic (exact) mass is 162 g/mol. The van der Waals surface area contributed by atoms with Gasteiger partial charge < -0.3 is 5.32 Å². The van der Waals surface area contributed by atoms with E-state index in [0.717, 1.165) is 19.6 Å². The van der Waals surface area contributed by atoms with Crippen LogP contribution in [0.25, 0.3) is 0 Å². The lowest BCUT2D eigenvalue weighted by Gasteiger charge is -2.33. The molecule has 1 aliphatic rings. The number of alkyl halides is 1. The SMILES string of the molecule is CCC1CNCCN1CCl. The van der Waals surface area contributed by atoms with Crippen LogP contribution in [0, 0.1) is 0 Å². The number of rotatable bonds is 2. The van der Waals surface area contributed by atoms with Crippen LogP contribution in [-0.2, 0) is 0 Å². The van der Waals surface area contributed by atoms with Crippen LogP contribution in [-0.4, -0.2) is 36.6 Å². The molecular weight excluding hydrogens is 148 g/mol. The summed E-state index contributed by atoms with van der Waals surface area (Å²) in [4.78, 5) is 2.32. The molecule has 1 saturated heterocycles. The molecule has 0 aromatic rings. The molecule has 0 saturated carbocycles. The third kappa shape index (κ3) is 1.84. The van der Waals surface area contributed by atoms with E-state index in [4.69, 9.17) is 11.6 Å². The predicted octanol–water partition coefficient (Wildman–Crippen LogP) is 0.867. The van der Waals surface area contributed by atoms with Crippen LogP contribution in [0.1, 0.15) is 13.3 Å². The van der Waals surface area contributed by atoms with Crippen molar-refractivity contribution in [2.24, 2.45) is 0 Å². The molecule has 1 N–H and O–H groups in total. The molecule has 1 fully saturated rings. The van der Waals surface area contributed by atoms with Crippen LogP contribution in [0.2, 0.25) is 0 Å². The summed E-state index contributed by atoms with van der Waals surface area (Å²) in [6, 6.07) is 1.34. The van der Waals surface area contributed by atoms with Gasteiger partial charge in [0, 0.05) is 25.7 Å². The molecule has 10 heavy (non-hydrogen) atoms. The standard InChI is InChI=1S/C7H15ClN2/c1-2-7-5-9-3-4-10(7)6-8/h7,9H,2-6H2,1H3. The minimum absolute atomic E-state index is 0.659. The molecule has 0 aromatic carbocycles. The molecule has 0 spiro atoms. The third-order valence-corrected chi connectivity index (χ3v) is 2.40. The number of nitrogens with one attached hydrogen (secondary N) is 1. The summed E-state index contributed by atoms with van der Waals surface area (Å²) in [7, 11) is 0. The Morgan fingerprint density at radius 3 is 3.00 bits per heavy atom. The predicted molar refractivity (Wildman–Crippen MR) is 44.4 cm³/mol. The molecule has 3 heteroatoms. The normalized spacial score (nSPS) is 28.8. The lowest BCUT2D eigenvalue weighted by Crippen LogP contribution is -2.50. The molecule has 1 atom stereocenters. The topological polar surface area (TPSA) is 15.3 Å². The van der Waals surface area contributed by atoms with Crippen molar-refractivity contribution in [1.29, 1.82) is 0 Å². The third-order valence-electron chi connectivity index (χ3n) is 2.10. The molecule has 0 aliphatic carbocycles. The van der Waals surface area contributed by atoms with Gasteiger partial charge in [-0.2, -0.15) is 0 Å². The zero-order valence-electron chi connectivity index (χ0n) is 6.44. The molecule has 0 aromatic heterocycles. The van der Waals surface area contributed by atoms with Crippen molar-refractivity contribution < 1.29 is 0 Å². The van der Waals surface area contributed by atoms with Crippen LogP contribution >= 0.6 is 11.6 Å². The number of piperazine rings is 1. The molecule has 1 aliphatic heterocycles. The van der Waals surface area contributed by atoms with Gasteiger partial charge in [-0.1, -0.05) is 6.92 Å². The van der Waals surface area contributed by atoms with Crippen LogP contribution in [0.4, 0.5) is 0 Å². The Hall–Kier alpha value is 0.210. The van der Waals surface area contributed by atoms with E-state index in [-0.39, 0.29) is 0 Å². The average molecular weight is 163 g/mol. The second-order valence-electron chi connectivity index (χ2n) is 2.70. The quantitative estimate of drug-likeness (QED) is 0.479. The van der Waals surface area contributed by atoms with E-state index in [2.05, 4.69) is 17.1 Å². The first-order valence-corrected chi connectivity index (χ1v) is 4.42. The van der Waals surface area contributed by atoms with E-state index in [1.807, 2.05) is 0 Å². The maximum absolute atomic E-state index is 5.75. The van der Waals surface area contributed by atoms with Gasteiger partial charge in [-0.25, -0.2) is 0 Å². The van der Waals surface area contributed by atoms with Gasteiger partial charge >= 0.3 is 0 Å². The van der Waals surface area contributed by atoms with E-state index in [1.165, 1.54) is 6.42 Å². The van der Waals surface area contributed by atoms with Crippen molar-refractivity contribution in [3.63, 3.8) is 0 Å². The number of hydrogen-bond acceptors (Lipinski definition) is 2. The summed E-state index contributed by atoms with van der Waals surface area (Å²) < 4.78 is 0. The average Bonchev–Trinajstić information content (AvgIpc) is 2.04. The molecule has 0 bridgehead atoms. The second kappa shape index (κ2) is 4.16. The van der Waals surface area contributed by atoms with Crippen LogP contribution in [0.15, 0.2) is 0 Å². The van der Waals surface area contributed by atoms with Gasteiger partial charge in [0.2, 0.25) is 0 Å². The van der Waals surface area contributed by atoms with Gasteiger partial charge in [0.1, 0.15) is 0 Å². The Bertz CT molecular complexity index is 85.6. The molecule has 60 valence electrons. The van der Waals surface area contributed by atoms with Crippen molar-refractivity contribution in [3.8, 4) is 0 Å². The summed E-state index contributed by atoms with van der Waals surface area (Å²) >= 11 is 5.75. The smallest absolute Gasteiger partial charge is 0.0741 e. The molecule has 1 unspecified atom stereocenters. The maximum atomic E-state index is 5.75. The van der Waals surface area contributed by atoms with E-state index in [1.54, 1.807) is 0 Å². The van der Waals surface area contributed by atoms with Crippen LogP contribution in [0.5, 0.6) is 0 Å². The highest BCUT2D eigenvalue weighted by Gasteiger charge is 2.18. The Labute approximate surface area is 67.5 Å². The first-order valence-electron chi connectivity index (χ1n) is 3.89. The highest BCUT2D eigenvalue weighted by atomic mass is 35.5. The summed E-state index contributed by atoms with van der Waals surface area (Å²) in [5.74, 6) is 0. The van der Waals surface area contributed by atoms with Crippen molar-refractivity contribution in [3.05, 3.63) is 0 Å². The fourth-order valence-corrected chi connectivity index (χ4v) is 1.68. The Morgan fingerprint density at radius 2 is 2.50 bits per heavy atom. The molecule has 0 radical (unpaired) electrons. The summed E-state index contributed by atoms with van der Waals surface area (Å²) in [5.41, 5.74) is 0. The van der Waals surface area contributed by atoms with Crippen molar-refractivity contribution in [1.82, 2.24) is 10.2 Å². The van der Waals surface area contributed by atoms with Gasteiger partial charge in [-0.3, -0.25) is 4.90 Å². The molecule has 1 heterocycles. The van der Waals surface area contributed by atoms with Crippen molar-refractivity contribution in [2.45, 2.75) is 19.4 Å². The summed E-state index contributed by atoms with van der Waals surface area (Å²) in [6.45, 7) is 5.49. The van der Waals surface area contributed by atoms with E-state index in [9.17, 15) is 0 Å². The first kappa shape index (κ1) is 8.31.